The van der Waals surface area contributed by atoms with Crippen LogP contribution in [0.3, 0.4) is 0 Å². The zero-order valence-corrected chi connectivity index (χ0v) is 11.5. The van der Waals surface area contributed by atoms with E-state index in [4.69, 9.17) is 27.9 Å². The number of pyridine rings is 1. The number of halogens is 2. The molecule has 1 fully saturated rings. The predicted molar refractivity (Wildman–Crippen MR) is 71.1 cm³/mol. The molecule has 1 aromatic rings. The highest BCUT2D eigenvalue weighted by molar-refractivity contribution is 6.34. The van der Waals surface area contributed by atoms with Crippen molar-refractivity contribution in [3.63, 3.8) is 0 Å². The van der Waals surface area contributed by atoms with Gasteiger partial charge in [0, 0.05) is 6.54 Å². The highest BCUT2D eigenvalue weighted by atomic mass is 35.5. The van der Waals surface area contributed by atoms with Gasteiger partial charge >= 0.3 is 0 Å². The van der Waals surface area contributed by atoms with Crippen LogP contribution in [0.15, 0.2) is 6.07 Å². The molecule has 0 radical (unpaired) electrons. The normalized spacial score (nSPS) is 24.0. The quantitative estimate of drug-likeness (QED) is 0.854. The smallest absolute Gasteiger partial charge is 0.154 e. The number of ether oxygens (including phenoxy) is 1. The van der Waals surface area contributed by atoms with E-state index in [1.54, 1.807) is 6.07 Å². The maximum atomic E-state index is 6.05. The molecule has 1 aliphatic heterocycles. The second-order valence-electron chi connectivity index (χ2n) is 4.45. The van der Waals surface area contributed by atoms with E-state index in [0.717, 1.165) is 30.6 Å². The Hall–Kier alpha value is -0.510. The topological polar surface area (TPSA) is 34.2 Å². The van der Waals surface area contributed by atoms with Gasteiger partial charge in [0.15, 0.2) is 5.15 Å². The van der Waals surface area contributed by atoms with Crippen LogP contribution in [0.1, 0.15) is 25.3 Å². The average molecular weight is 275 g/mol. The molecule has 17 heavy (non-hydrogen) atoms. The standard InChI is InChI=1S/C12H16Cl2N2O/c1-7-5-10(13)16-12(14)11(7)15-6-9-4-3-8(2)17-9/h5,8-9,15H,3-4,6H2,1-2H3. The summed E-state index contributed by atoms with van der Waals surface area (Å²) in [5, 5.41) is 4.13. The molecule has 1 aliphatic rings. The van der Waals surface area contributed by atoms with E-state index < -0.39 is 0 Å². The highest BCUT2D eigenvalue weighted by Gasteiger charge is 2.21. The molecule has 0 bridgehead atoms. The summed E-state index contributed by atoms with van der Waals surface area (Å²) in [5.41, 5.74) is 1.85. The summed E-state index contributed by atoms with van der Waals surface area (Å²) >= 11 is 11.9. The van der Waals surface area contributed by atoms with Crippen molar-refractivity contribution in [3.05, 3.63) is 21.9 Å². The van der Waals surface area contributed by atoms with Crippen molar-refractivity contribution in [2.45, 2.75) is 38.9 Å². The monoisotopic (exact) mass is 274 g/mol. The molecule has 1 N–H and O–H groups in total. The number of hydrogen-bond donors (Lipinski definition) is 1. The number of rotatable bonds is 3. The molecule has 0 saturated carbocycles. The number of nitrogens with zero attached hydrogens (tertiary/aromatic N) is 1. The second-order valence-corrected chi connectivity index (χ2v) is 5.20. The largest absolute Gasteiger partial charge is 0.380 e. The molecule has 2 atom stereocenters. The zero-order chi connectivity index (χ0) is 12.4. The van der Waals surface area contributed by atoms with Crippen LogP contribution in [-0.4, -0.2) is 23.7 Å². The first-order valence-corrected chi connectivity index (χ1v) is 6.54. The number of hydrogen-bond acceptors (Lipinski definition) is 3. The minimum absolute atomic E-state index is 0.260. The van der Waals surface area contributed by atoms with Crippen LogP contribution in [0.5, 0.6) is 0 Å². The number of aryl methyl sites for hydroxylation is 1. The van der Waals surface area contributed by atoms with Gasteiger partial charge in [-0.05, 0) is 38.3 Å². The van der Waals surface area contributed by atoms with E-state index in [1.807, 2.05) is 6.92 Å². The van der Waals surface area contributed by atoms with Crippen molar-refractivity contribution in [1.82, 2.24) is 4.98 Å². The lowest BCUT2D eigenvalue weighted by Gasteiger charge is -2.15. The van der Waals surface area contributed by atoms with Crippen LogP contribution in [-0.2, 0) is 4.74 Å². The highest BCUT2D eigenvalue weighted by Crippen LogP contribution is 2.27. The summed E-state index contributed by atoms with van der Waals surface area (Å²) in [6.07, 6.45) is 2.84. The second kappa shape index (κ2) is 5.42. The van der Waals surface area contributed by atoms with E-state index in [2.05, 4.69) is 17.2 Å². The lowest BCUT2D eigenvalue weighted by atomic mass is 10.2. The van der Waals surface area contributed by atoms with Crippen molar-refractivity contribution in [1.29, 1.82) is 0 Å². The van der Waals surface area contributed by atoms with Gasteiger partial charge in [0.25, 0.3) is 0 Å². The molecular weight excluding hydrogens is 259 g/mol. The molecule has 5 heteroatoms. The van der Waals surface area contributed by atoms with E-state index in [1.165, 1.54) is 0 Å². The van der Waals surface area contributed by atoms with Crippen LogP contribution in [0.2, 0.25) is 10.3 Å². The summed E-state index contributed by atoms with van der Waals surface area (Å²) in [5.74, 6) is 0. The number of nitrogens with one attached hydrogen (secondary N) is 1. The molecular formula is C12H16Cl2N2O. The van der Waals surface area contributed by atoms with Gasteiger partial charge in [-0.2, -0.15) is 0 Å². The lowest BCUT2D eigenvalue weighted by molar-refractivity contribution is 0.0637. The Labute approximate surface area is 111 Å². The summed E-state index contributed by atoms with van der Waals surface area (Å²) in [6, 6.07) is 1.80. The van der Waals surface area contributed by atoms with Gasteiger partial charge in [-0.15, -0.1) is 0 Å². The van der Waals surface area contributed by atoms with Gasteiger partial charge < -0.3 is 10.1 Å². The van der Waals surface area contributed by atoms with Crippen LogP contribution in [0.4, 0.5) is 5.69 Å². The van der Waals surface area contributed by atoms with Crippen LogP contribution in [0.25, 0.3) is 0 Å². The third kappa shape index (κ3) is 3.24. The first kappa shape index (κ1) is 12.9. The van der Waals surface area contributed by atoms with Crippen molar-refractivity contribution < 1.29 is 4.74 Å². The van der Waals surface area contributed by atoms with Crippen molar-refractivity contribution >= 4 is 28.9 Å². The molecule has 2 unspecified atom stereocenters. The average Bonchev–Trinajstić information content (AvgIpc) is 2.62. The van der Waals surface area contributed by atoms with Gasteiger partial charge in [0.1, 0.15) is 5.15 Å². The number of aromatic nitrogens is 1. The predicted octanol–water partition coefficient (Wildman–Crippen LogP) is 3.68. The number of anilines is 1. The molecule has 0 amide bonds. The third-order valence-electron chi connectivity index (χ3n) is 2.97. The van der Waals surface area contributed by atoms with E-state index >= 15 is 0 Å². The fraction of sp³-hybridized carbons (Fsp3) is 0.583. The molecule has 3 nitrogen and oxygen atoms in total. The van der Waals surface area contributed by atoms with Gasteiger partial charge in [0.2, 0.25) is 0 Å². The van der Waals surface area contributed by atoms with Crippen LogP contribution in [0, 0.1) is 6.92 Å². The molecule has 0 aliphatic carbocycles. The van der Waals surface area contributed by atoms with Gasteiger partial charge in [0.05, 0.1) is 17.9 Å². The molecule has 94 valence electrons. The Bertz CT molecular complexity index is 388. The maximum absolute atomic E-state index is 6.05. The fourth-order valence-electron chi connectivity index (χ4n) is 2.06. The molecule has 2 heterocycles. The first-order valence-electron chi connectivity index (χ1n) is 5.78. The fourth-order valence-corrected chi connectivity index (χ4v) is 2.66. The minimum atomic E-state index is 0.260. The zero-order valence-electron chi connectivity index (χ0n) is 9.96. The van der Waals surface area contributed by atoms with E-state index in [-0.39, 0.29) is 6.10 Å². The molecule has 1 saturated heterocycles. The molecule has 0 spiro atoms. The van der Waals surface area contributed by atoms with Gasteiger partial charge in [-0.3, -0.25) is 0 Å². The first-order chi connectivity index (χ1) is 8.06. The molecule has 1 aromatic heterocycles. The van der Waals surface area contributed by atoms with Gasteiger partial charge in [-0.1, -0.05) is 23.2 Å². The van der Waals surface area contributed by atoms with E-state index in [0.29, 0.717) is 16.4 Å². The third-order valence-corrected chi connectivity index (χ3v) is 3.43. The van der Waals surface area contributed by atoms with Crippen molar-refractivity contribution in [3.8, 4) is 0 Å². The maximum Gasteiger partial charge on any atom is 0.154 e. The van der Waals surface area contributed by atoms with E-state index in [9.17, 15) is 0 Å². The Morgan fingerprint density at radius 1 is 1.47 bits per heavy atom. The molecule has 0 aromatic carbocycles. The SMILES string of the molecule is Cc1cc(Cl)nc(Cl)c1NCC1CCC(C)O1. The Balaban J connectivity index is 1.99. The van der Waals surface area contributed by atoms with Crippen molar-refractivity contribution in [2.24, 2.45) is 0 Å². The van der Waals surface area contributed by atoms with Crippen molar-refractivity contribution in [2.75, 3.05) is 11.9 Å². The summed E-state index contributed by atoms with van der Waals surface area (Å²) < 4.78 is 5.73. The van der Waals surface area contributed by atoms with Crippen LogP contribution >= 0.6 is 23.2 Å². The Morgan fingerprint density at radius 2 is 2.24 bits per heavy atom. The molecule has 2 rings (SSSR count). The Morgan fingerprint density at radius 3 is 2.82 bits per heavy atom. The summed E-state index contributed by atoms with van der Waals surface area (Å²) in [4.78, 5) is 4.02. The summed E-state index contributed by atoms with van der Waals surface area (Å²) in [7, 11) is 0. The Kier molecular flexibility index (Phi) is 4.13. The lowest BCUT2D eigenvalue weighted by Crippen LogP contribution is -2.20. The van der Waals surface area contributed by atoms with Crippen LogP contribution < -0.4 is 5.32 Å². The van der Waals surface area contributed by atoms with Gasteiger partial charge in [-0.25, -0.2) is 4.98 Å². The summed E-state index contributed by atoms with van der Waals surface area (Å²) in [6.45, 7) is 4.82. The minimum Gasteiger partial charge on any atom is -0.380 e.